The topological polar surface area (TPSA) is 29.3 Å². The first-order valence-electron chi connectivity index (χ1n) is 7.54. The third-order valence-corrected chi connectivity index (χ3v) is 6.31. The molecule has 2 nitrogen and oxygen atoms in total. The van der Waals surface area contributed by atoms with Crippen LogP contribution in [0, 0.1) is 5.41 Å². The lowest BCUT2D eigenvalue weighted by atomic mass is 9.82. The molecule has 18 heavy (non-hydrogen) atoms. The van der Waals surface area contributed by atoms with E-state index in [2.05, 4.69) is 37.4 Å². The Morgan fingerprint density at radius 1 is 1.22 bits per heavy atom. The molecule has 1 saturated heterocycles. The van der Waals surface area contributed by atoms with E-state index in [0.29, 0.717) is 17.0 Å². The third-order valence-electron chi connectivity index (χ3n) is 5.12. The molecule has 1 heterocycles. The Hall–Kier alpha value is 0.270. The highest BCUT2D eigenvalue weighted by molar-refractivity contribution is 7.99. The molecule has 1 aliphatic heterocycles. The number of rotatable bonds is 2. The fraction of sp³-hybridized carbons (Fsp3) is 1.00. The van der Waals surface area contributed by atoms with E-state index in [4.69, 9.17) is 5.73 Å². The zero-order chi connectivity index (χ0) is 13.2. The van der Waals surface area contributed by atoms with Crippen molar-refractivity contribution in [1.82, 2.24) is 4.90 Å². The van der Waals surface area contributed by atoms with E-state index in [1.54, 1.807) is 0 Å². The van der Waals surface area contributed by atoms with Crippen molar-refractivity contribution in [2.75, 3.05) is 24.6 Å². The summed E-state index contributed by atoms with van der Waals surface area (Å²) in [5.41, 5.74) is 7.06. The van der Waals surface area contributed by atoms with Gasteiger partial charge in [0.1, 0.15) is 0 Å². The molecule has 0 aromatic rings. The maximum Gasteiger partial charge on any atom is 0.0335 e. The molecule has 2 N–H and O–H groups in total. The van der Waals surface area contributed by atoms with Gasteiger partial charge >= 0.3 is 0 Å². The standard InChI is InChI=1S/C15H30N2S/c1-13-11-18-10-9-17(13)15(12-16)6-4-5-14(2,3)7-8-15/h13H,4-12,16H2,1-3H3. The van der Waals surface area contributed by atoms with Crippen molar-refractivity contribution in [2.24, 2.45) is 11.1 Å². The Bertz CT molecular complexity index is 280. The molecule has 2 atom stereocenters. The maximum absolute atomic E-state index is 6.24. The molecule has 0 radical (unpaired) electrons. The zero-order valence-electron chi connectivity index (χ0n) is 12.4. The second kappa shape index (κ2) is 5.72. The average molecular weight is 270 g/mol. The number of hydrogen-bond acceptors (Lipinski definition) is 3. The fourth-order valence-electron chi connectivity index (χ4n) is 3.76. The summed E-state index contributed by atoms with van der Waals surface area (Å²) in [6, 6.07) is 0.702. The van der Waals surface area contributed by atoms with E-state index >= 15 is 0 Å². The zero-order valence-corrected chi connectivity index (χ0v) is 13.2. The molecule has 2 fully saturated rings. The van der Waals surface area contributed by atoms with Crippen molar-refractivity contribution in [1.29, 1.82) is 0 Å². The van der Waals surface area contributed by atoms with Gasteiger partial charge in [-0.2, -0.15) is 11.8 Å². The molecule has 0 amide bonds. The van der Waals surface area contributed by atoms with Gasteiger partial charge in [-0.3, -0.25) is 4.90 Å². The van der Waals surface area contributed by atoms with Crippen LogP contribution in [0.15, 0.2) is 0 Å². The van der Waals surface area contributed by atoms with E-state index < -0.39 is 0 Å². The van der Waals surface area contributed by atoms with E-state index in [9.17, 15) is 0 Å². The van der Waals surface area contributed by atoms with Crippen LogP contribution in [0.3, 0.4) is 0 Å². The lowest BCUT2D eigenvalue weighted by molar-refractivity contribution is 0.0507. The van der Waals surface area contributed by atoms with Gasteiger partial charge in [0.2, 0.25) is 0 Å². The van der Waals surface area contributed by atoms with E-state index in [1.807, 2.05) is 0 Å². The Morgan fingerprint density at radius 2 is 2.00 bits per heavy atom. The smallest absolute Gasteiger partial charge is 0.0335 e. The molecule has 106 valence electrons. The molecule has 0 spiro atoms. The number of nitrogens with zero attached hydrogens (tertiary/aromatic N) is 1. The minimum absolute atomic E-state index is 0.300. The predicted octanol–water partition coefficient (Wildman–Crippen LogP) is 3.11. The van der Waals surface area contributed by atoms with Gasteiger partial charge in [0, 0.05) is 36.2 Å². The normalized spacial score (nSPS) is 38.3. The summed E-state index contributed by atoms with van der Waals surface area (Å²) in [6.07, 6.45) is 6.65. The summed E-state index contributed by atoms with van der Waals surface area (Å²) in [4.78, 5) is 2.75. The number of hydrogen-bond donors (Lipinski definition) is 1. The van der Waals surface area contributed by atoms with Gasteiger partial charge in [-0.25, -0.2) is 0 Å². The first-order chi connectivity index (χ1) is 8.49. The highest BCUT2D eigenvalue weighted by atomic mass is 32.2. The van der Waals surface area contributed by atoms with Crippen molar-refractivity contribution < 1.29 is 0 Å². The third kappa shape index (κ3) is 3.05. The monoisotopic (exact) mass is 270 g/mol. The minimum Gasteiger partial charge on any atom is -0.329 e. The van der Waals surface area contributed by atoms with Crippen molar-refractivity contribution >= 4 is 11.8 Å². The summed E-state index contributed by atoms with van der Waals surface area (Å²) in [6.45, 7) is 9.32. The van der Waals surface area contributed by atoms with Crippen LogP contribution >= 0.6 is 11.8 Å². The van der Waals surface area contributed by atoms with Crippen molar-refractivity contribution in [2.45, 2.75) is 64.5 Å². The Kier molecular flexibility index (Phi) is 4.66. The van der Waals surface area contributed by atoms with Crippen LogP contribution in [0.1, 0.15) is 52.9 Å². The molecule has 1 aliphatic carbocycles. The molecule has 0 aromatic heterocycles. The quantitative estimate of drug-likeness (QED) is 0.782. The lowest BCUT2D eigenvalue weighted by Crippen LogP contribution is -2.59. The highest BCUT2D eigenvalue weighted by Crippen LogP contribution is 2.41. The maximum atomic E-state index is 6.24. The van der Waals surface area contributed by atoms with Crippen LogP contribution in [0.25, 0.3) is 0 Å². The van der Waals surface area contributed by atoms with Gasteiger partial charge in [0.05, 0.1) is 0 Å². The molecule has 2 unspecified atom stereocenters. The number of nitrogens with two attached hydrogens (primary N) is 1. The van der Waals surface area contributed by atoms with Gasteiger partial charge in [0.15, 0.2) is 0 Å². The van der Waals surface area contributed by atoms with Crippen LogP contribution in [0.4, 0.5) is 0 Å². The number of thioether (sulfide) groups is 1. The Morgan fingerprint density at radius 3 is 2.67 bits per heavy atom. The molecule has 2 rings (SSSR count). The molecule has 0 bridgehead atoms. The highest BCUT2D eigenvalue weighted by Gasteiger charge is 2.41. The van der Waals surface area contributed by atoms with E-state index in [-0.39, 0.29) is 0 Å². The fourth-order valence-corrected chi connectivity index (χ4v) is 4.77. The van der Waals surface area contributed by atoms with Gasteiger partial charge in [-0.1, -0.05) is 20.3 Å². The van der Waals surface area contributed by atoms with Crippen LogP contribution in [0.2, 0.25) is 0 Å². The second-order valence-corrected chi connectivity index (χ2v) is 8.21. The van der Waals surface area contributed by atoms with Crippen molar-refractivity contribution in [3.05, 3.63) is 0 Å². The second-order valence-electron chi connectivity index (χ2n) is 7.06. The Balaban J connectivity index is 2.13. The van der Waals surface area contributed by atoms with Crippen LogP contribution < -0.4 is 5.73 Å². The summed E-state index contributed by atoms with van der Waals surface area (Å²) in [7, 11) is 0. The molecule has 2 aliphatic rings. The van der Waals surface area contributed by atoms with Crippen molar-refractivity contribution in [3.8, 4) is 0 Å². The average Bonchev–Trinajstić information content (AvgIpc) is 2.49. The predicted molar refractivity (Wildman–Crippen MR) is 82.1 cm³/mol. The van der Waals surface area contributed by atoms with Crippen molar-refractivity contribution in [3.63, 3.8) is 0 Å². The lowest BCUT2D eigenvalue weighted by Gasteiger charge is -2.48. The largest absolute Gasteiger partial charge is 0.329 e. The summed E-state index contributed by atoms with van der Waals surface area (Å²) >= 11 is 2.10. The van der Waals surface area contributed by atoms with Gasteiger partial charge in [0.25, 0.3) is 0 Å². The molecule has 0 aromatic carbocycles. The summed E-state index contributed by atoms with van der Waals surface area (Å²) in [5.74, 6) is 2.57. The molecule has 1 saturated carbocycles. The van der Waals surface area contributed by atoms with E-state index in [1.165, 1.54) is 50.2 Å². The molecular weight excluding hydrogens is 240 g/mol. The summed E-state index contributed by atoms with van der Waals surface area (Å²) < 4.78 is 0. The Labute approximate surface area is 117 Å². The first kappa shape index (κ1) is 14.7. The van der Waals surface area contributed by atoms with Crippen LogP contribution in [0.5, 0.6) is 0 Å². The van der Waals surface area contributed by atoms with Gasteiger partial charge < -0.3 is 5.73 Å². The van der Waals surface area contributed by atoms with Crippen LogP contribution in [-0.2, 0) is 0 Å². The minimum atomic E-state index is 0.300. The first-order valence-corrected chi connectivity index (χ1v) is 8.69. The SMILES string of the molecule is CC1CSCCN1C1(CN)CCCC(C)(C)CC1. The van der Waals surface area contributed by atoms with Gasteiger partial charge in [-0.05, 0) is 38.0 Å². The van der Waals surface area contributed by atoms with Gasteiger partial charge in [-0.15, -0.1) is 0 Å². The molecule has 3 heteroatoms. The molecular formula is C15H30N2S. The summed E-state index contributed by atoms with van der Waals surface area (Å²) in [5, 5.41) is 0. The van der Waals surface area contributed by atoms with E-state index in [0.717, 1.165) is 6.54 Å². The van der Waals surface area contributed by atoms with Crippen LogP contribution in [-0.4, -0.2) is 41.1 Å².